The second kappa shape index (κ2) is 8.13. The van der Waals surface area contributed by atoms with Gasteiger partial charge in [-0.3, -0.25) is 0 Å². The molecule has 1 fully saturated rings. The van der Waals surface area contributed by atoms with E-state index >= 15 is 0 Å². The summed E-state index contributed by atoms with van der Waals surface area (Å²) in [6.07, 6.45) is 11.8. The van der Waals surface area contributed by atoms with E-state index in [0.29, 0.717) is 12.0 Å². The third-order valence-corrected chi connectivity index (χ3v) is 7.64. The van der Waals surface area contributed by atoms with Gasteiger partial charge >= 0.3 is 0 Å². The molecule has 1 N–H and O–H groups in total. The van der Waals surface area contributed by atoms with Crippen molar-refractivity contribution in [2.24, 2.45) is 5.92 Å². The van der Waals surface area contributed by atoms with Gasteiger partial charge in [0.15, 0.2) is 11.5 Å². The van der Waals surface area contributed by atoms with Crippen molar-refractivity contribution in [3.8, 4) is 11.5 Å². The smallest absolute Gasteiger partial charge is 0.165 e. The maximum absolute atomic E-state index is 10.8. The number of likely N-dealkylation sites (tertiary alicyclic amines) is 1. The van der Waals surface area contributed by atoms with E-state index in [1.165, 1.54) is 36.8 Å². The summed E-state index contributed by atoms with van der Waals surface area (Å²) in [4.78, 5) is 2.50. The minimum atomic E-state index is -0.541. The van der Waals surface area contributed by atoms with Crippen LogP contribution in [-0.4, -0.2) is 48.5 Å². The number of piperidine rings is 1. The standard InChI is InChI=1S/C24H33NO3.ClH/c1-3-4-5-6-7-14-27-20-11-8-16-15-18-17-9-10-19(26)23-24(17,12-13-25(18)2)21(16)22(20)28-23;/h8-11,17-19,23,26H,3-7,12-15H2,1-2H3;1H. The molecule has 0 radical (unpaired) electrons. The lowest BCUT2D eigenvalue weighted by atomic mass is 9.53. The molecule has 2 bridgehead atoms. The fourth-order valence-electron chi connectivity index (χ4n) is 6.23. The molecule has 1 aromatic rings. The minimum Gasteiger partial charge on any atom is -0.490 e. The third kappa shape index (κ3) is 3.10. The summed E-state index contributed by atoms with van der Waals surface area (Å²) in [6.45, 7) is 4.04. The van der Waals surface area contributed by atoms with Crippen molar-refractivity contribution in [1.82, 2.24) is 4.90 Å². The van der Waals surface area contributed by atoms with Crippen molar-refractivity contribution in [1.29, 1.82) is 0 Å². The van der Waals surface area contributed by atoms with E-state index in [1.54, 1.807) is 0 Å². The number of hydrogen-bond acceptors (Lipinski definition) is 4. The molecule has 29 heavy (non-hydrogen) atoms. The summed E-state index contributed by atoms with van der Waals surface area (Å²) in [7, 11) is 2.24. The Labute approximate surface area is 180 Å². The Bertz CT molecular complexity index is 782. The number of rotatable bonds is 7. The van der Waals surface area contributed by atoms with E-state index in [2.05, 4.69) is 37.1 Å². The lowest BCUT2D eigenvalue weighted by Crippen LogP contribution is -2.64. The maximum atomic E-state index is 10.8. The van der Waals surface area contributed by atoms with Gasteiger partial charge in [0.2, 0.25) is 0 Å². The second-order valence-corrected chi connectivity index (χ2v) is 9.17. The molecule has 4 aliphatic rings. The van der Waals surface area contributed by atoms with Gasteiger partial charge in [0, 0.05) is 22.9 Å². The van der Waals surface area contributed by atoms with Crippen molar-refractivity contribution in [2.75, 3.05) is 20.2 Å². The Hall–Kier alpha value is -1.23. The Morgan fingerprint density at radius 3 is 2.86 bits per heavy atom. The van der Waals surface area contributed by atoms with Gasteiger partial charge < -0.3 is 19.5 Å². The first-order valence-corrected chi connectivity index (χ1v) is 11.2. The van der Waals surface area contributed by atoms with Crippen molar-refractivity contribution >= 4 is 12.4 Å². The Balaban J connectivity index is 0.00000205. The van der Waals surface area contributed by atoms with E-state index in [0.717, 1.165) is 43.9 Å². The Kier molecular flexibility index (Phi) is 5.89. The quantitative estimate of drug-likeness (QED) is 0.529. The molecule has 4 nitrogen and oxygen atoms in total. The highest BCUT2D eigenvalue weighted by atomic mass is 35.5. The SMILES string of the molecule is CCCCCCCOc1ccc2c3c1OC1C(O)C=CC4C(C2)N(C)CCC341.Cl. The van der Waals surface area contributed by atoms with Crippen LogP contribution in [0, 0.1) is 5.92 Å². The minimum absolute atomic E-state index is 0. The number of benzene rings is 1. The molecule has 1 spiro atoms. The van der Waals surface area contributed by atoms with Crippen LogP contribution in [0.3, 0.4) is 0 Å². The zero-order chi connectivity index (χ0) is 19.3. The molecule has 2 aliphatic heterocycles. The highest BCUT2D eigenvalue weighted by Crippen LogP contribution is 2.62. The molecule has 1 aromatic carbocycles. The lowest BCUT2D eigenvalue weighted by Gasteiger charge is -2.56. The number of aliphatic hydroxyl groups excluding tert-OH is 1. The largest absolute Gasteiger partial charge is 0.490 e. The van der Waals surface area contributed by atoms with Crippen molar-refractivity contribution in [2.45, 2.75) is 75.5 Å². The molecule has 1 saturated heterocycles. The average molecular weight is 420 g/mol. The molecule has 2 heterocycles. The average Bonchev–Trinajstić information content (AvgIpc) is 3.05. The first-order chi connectivity index (χ1) is 13.7. The van der Waals surface area contributed by atoms with Crippen LogP contribution in [0.25, 0.3) is 0 Å². The van der Waals surface area contributed by atoms with Gasteiger partial charge in [-0.1, -0.05) is 50.8 Å². The summed E-state index contributed by atoms with van der Waals surface area (Å²) in [5.41, 5.74) is 2.65. The van der Waals surface area contributed by atoms with Crippen LogP contribution in [-0.2, 0) is 11.8 Å². The summed E-state index contributed by atoms with van der Waals surface area (Å²) < 4.78 is 12.7. The molecular weight excluding hydrogens is 386 g/mol. The van der Waals surface area contributed by atoms with Gasteiger partial charge in [0.05, 0.1) is 6.61 Å². The van der Waals surface area contributed by atoms with E-state index in [4.69, 9.17) is 9.47 Å². The third-order valence-electron chi connectivity index (χ3n) is 7.64. The van der Waals surface area contributed by atoms with Crippen LogP contribution >= 0.6 is 12.4 Å². The van der Waals surface area contributed by atoms with Gasteiger partial charge in [-0.05, 0) is 44.5 Å². The first-order valence-electron chi connectivity index (χ1n) is 11.2. The molecule has 0 aromatic heterocycles. The monoisotopic (exact) mass is 419 g/mol. The molecule has 5 atom stereocenters. The zero-order valence-corrected chi connectivity index (χ0v) is 18.4. The van der Waals surface area contributed by atoms with Gasteiger partial charge in [-0.25, -0.2) is 0 Å². The lowest BCUT2D eigenvalue weighted by molar-refractivity contribution is -0.0454. The number of hydrogen-bond donors (Lipinski definition) is 1. The molecular formula is C24H34ClNO3. The number of unbranched alkanes of at least 4 members (excludes halogenated alkanes) is 4. The normalized spacial score (nSPS) is 33.6. The summed E-state index contributed by atoms with van der Waals surface area (Å²) in [5, 5.41) is 10.8. The predicted molar refractivity (Wildman–Crippen MR) is 117 cm³/mol. The van der Waals surface area contributed by atoms with Crippen molar-refractivity contribution in [3.63, 3.8) is 0 Å². The second-order valence-electron chi connectivity index (χ2n) is 9.17. The van der Waals surface area contributed by atoms with Crippen LogP contribution in [0.2, 0.25) is 0 Å². The predicted octanol–water partition coefficient (Wildman–Crippen LogP) is 4.26. The number of ether oxygens (including phenoxy) is 2. The van der Waals surface area contributed by atoms with E-state index in [9.17, 15) is 5.11 Å². The van der Waals surface area contributed by atoms with Crippen LogP contribution in [0.15, 0.2) is 24.3 Å². The van der Waals surface area contributed by atoms with Gasteiger partial charge in [-0.2, -0.15) is 0 Å². The van der Waals surface area contributed by atoms with Crippen molar-refractivity contribution < 1.29 is 14.6 Å². The molecule has 5 rings (SSSR count). The number of aliphatic hydroxyl groups is 1. The van der Waals surface area contributed by atoms with Crippen LogP contribution in [0.4, 0.5) is 0 Å². The molecule has 0 saturated carbocycles. The molecule has 5 unspecified atom stereocenters. The zero-order valence-electron chi connectivity index (χ0n) is 17.6. The summed E-state index contributed by atoms with van der Waals surface area (Å²) in [5.74, 6) is 2.21. The maximum Gasteiger partial charge on any atom is 0.165 e. The van der Waals surface area contributed by atoms with Crippen LogP contribution in [0.5, 0.6) is 11.5 Å². The van der Waals surface area contributed by atoms with E-state index < -0.39 is 6.10 Å². The topological polar surface area (TPSA) is 41.9 Å². The summed E-state index contributed by atoms with van der Waals surface area (Å²) >= 11 is 0. The van der Waals surface area contributed by atoms with Gasteiger partial charge in [0.25, 0.3) is 0 Å². The number of nitrogens with zero attached hydrogens (tertiary/aromatic N) is 1. The number of likely N-dealkylation sites (N-methyl/N-ethyl adjacent to an activating group) is 1. The molecule has 5 heteroatoms. The molecule has 2 aliphatic carbocycles. The van der Waals surface area contributed by atoms with E-state index in [-0.39, 0.29) is 23.9 Å². The molecule has 160 valence electrons. The van der Waals surface area contributed by atoms with Gasteiger partial charge in [0.1, 0.15) is 12.2 Å². The fourth-order valence-corrected chi connectivity index (χ4v) is 6.23. The van der Waals surface area contributed by atoms with Crippen molar-refractivity contribution in [3.05, 3.63) is 35.4 Å². The van der Waals surface area contributed by atoms with E-state index in [1.807, 2.05) is 6.08 Å². The highest BCUT2D eigenvalue weighted by Gasteiger charge is 2.64. The fraction of sp³-hybridized carbons (Fsp3) is 0.667. The Morgan fingerprint density at radius 2 is 2.03 bits per heavy atom. The summed E-state index contributed by atoms with van der Waals surface area (Å²) in [6, 6.07) is 4.85. The Morgan fingerprint density at radius 1 is 1.21 bits per heavy atom. The highest BCUT2D eigenvalue weighted by molar-refractivity contribution is 5.85. The van der Waals surface area contributed by atoms with Gasteiger partial charge in [-0.15, -0.1) is 12.4 Å². The number of halogens is 1. The first kappa shape index (κ1) is 21.0. The van der Waals surface area contributed by atoms with Crippen LogP contribution < -0.4 is 9.47 Å². The van der Waals surface area contributed by atoms with Crippen LogP contribution in [0.1, 0.15) is 56.6 Å². The molecule has 0 amide bonds.